The second-order valence-electron chi connectivity index (χ2n) is 4.41. The monoisotopic (exact) mass is 292 g/mol. The third-order valence-corrected chi connectivity index (χ3v) is 2.96. The van der Waals surface area contributed by atoms with Crippen LogP contribution in [0.2, 0.25) is 0 Å². The molecule has 21 heavy (non-hydrogen) atoms. The van der Waals surface area contributed by atoms with Crippen LogP contribution in [0.4, 0.5) is 0 Å². The molecule has 3 N–H and O–H groups in total. The summed E-state index contributed by atoms with van der Waals surface area (Å²) in [5.41, 5.74) is 0.507. The summed E-state index contributed by atoms with van der Waals surface area (Å²) in [5.74, 6) is 0. The summed E-state index contributed by atoms with van der Waals surface area (Å²) in [7, 11) is 0. The zero-order chi connectivity index (χ0) is 16.6. The number of aliphatic hydroxyl groups is 3. The Kier molecular flexibility index (Phi) is 15.2. The van der Waals surface area contributed by atoms with E-state index in [-0.39, 0.29) is 19.8 Å². The molecule has 3 nitrogen and oxygen atoms in total. The molecule has 0 atom stereocenters. The van der Waals surface area contributed by atoms with Crippen LogP contribution in [-0.4, -0.2) is 35.1 Å². The highest BCUT2D eigenvalue weighted by Crippen LogP contribution is 2.18. The minimum absolute atomic E-state index is 0.156. The lowest BCUT2D eigenvalue weighted by Gasteiger charge is -2.24. The molecule has 3 heteroatoms. The lowest BCUT2D eigenvalue weighted by molar-refractivity contribution is 0.00304. The Labute approximate surface area is 128 Å². The summed E-state index contributed by atoms with van der Waals surface area (Å²) in [4.78, 5) is 0. The van der Waals surface area contributed by atoms with Crippen molar-refractivity contribution in [2.45, 2.75) is 13.3 Å². The van der Waals surface area contributed by atoms with E-state index in [0.717, 1.165) is 0 Å². The molecule has 0 aliphatic rings. The number of hydrogen-bond donors (Lipinski definition) is 3. The lowest BCUT2D eigenvalue weighted by atomic mass is 9.88. The van der Waals surface area contributed by atoms with Crippen LogP contribution in [0.1, 0.15) is 18.9 Å². The van der Waals surface area contributed by atoms with Crippen molar-refractivity contribution in [1.82, 2.24) is 0 Å². The minimum Gasteiger partial charge on any atom is -0.396 e. The van der Waals surface area contributed by atoms with Crippen molar-refractivity contribution in [2.75, 3.05) is 19.8 Å². The molecule has 0 amide bonds. The summed E-state index contributed by atoms with van der Waals surface area (Å²) >= 11 is 0. The standard InChI is InChI=1S/C8H8.C6H14O3.C4H6/c1-2-8-6-4-3-5-7-8;1-2-6(3-7,4-8)5-9;1-3-4-2/h2-7H,1H2;7-9H,2-5H2,1H3;3-4H,1-2H2. The highest BCUT2D eigenvalue weighted by Gasteiger charge is 2.24. The van der Waals surface area contributed by atoms with Crippen molar-refractivity contribution in [1.29, 1.82) is 0 Å². The van der Waals surface area contributed by atoms with Crippen LogP contribution in [0, 0.1) is 5.41 Å². The van der Waals surface area contributed by atoms with E-state index in [0.29, 0.717) is 6.42 Å². The van der Waals surface area contributed by atoms with Gasteiger partial charge in [-0.25, -0.2) is 0 Å². The molecule has 0 aliphatic heterocycles. The Hall–Kier alpha value is -1.68. The average Bonchev–Trinajstić information content (AvgIpc) is 2.59. The van der Waals surface area contributed by atoms with Crippen molar-refractivity contribution >= 4 is 6.08 Å². The van der Waals surface area contributed by atoms with E-state index in [4.69, 9.17) is 15.3 Å². The molecule has 0 heterocycles. The van der Waals surface area contributed by atoms with Gasteiger partial charge in [-0.3, -0.25) is 0 Å². The van der Waals surface area contributed by atoms with Gasteiger partial charge in [0.15, 0.2) is 0 Å². The normalized spacial score (nSPS) is 9.33. The third kappa shape index (κ3) is 10.7. The first kappa shape index (κ1) is 21.6. The SMILES string of the molecule is C=CC=C.C=Cc1ccccc1.CCC(CO)(CO)CO. The van der Waals surface area contributed by atoms with E-state index in [2.05, 4.69) is 19.7 Å². The van der Waals surface area contributed by atoms with Crippen LogP contribution in [0.3, 0.4) is 0 Å². The second-order valence-corrected chi connectivity index (χ2v) is 4.41. The van der Waals surface area contributed by atoms with E-state index in [1.54, 1.807) is 12.2 Å². The molecule has 0 saturated carbocycles. The van der Waals surface area contributed by atoms with E-state index in [1.807, 2.05) is 43.3 Å². The van der Waals surface area contributed by atoms with Crippen molar-refractivity contribution in [3.8, 4) is 0 Å². The molecule has 0 spiro atoms. The quantitative estimate of drug-likeness (QED) is 0.706. The van der Waals surface area contributed by atoms with Gasteiger partial charge in [0.1, 0.15) is 0 Å². The Bertz CT molecular complexity index is 344. The molecule has 1 rings (SSSR count). The minimum atomic E-state index is -0.667. The first-order chi connectivity index (χ1) is 10.1. The van der Waals surface area contributed by atoms with Gasteiger partial charge in [0.2, 0.25) is 0 Å². The Morgan fingerprint density at radius 2 is 1.33 bits per heavy atom. The van der Waals surface area contributed by atoms with Crippen molar-refractivity contribution in [3.63, 3.8) is 0 Å². The summed E-state index contributed by atoms with van der Waals surface area (Å²) < 4.78 is 0. The maximum Gasteiger partial charge on any atom is 0.0531 e. The molecule has 1 aromatic rings. The summed E-state index contributed by atoms with van der Waals surface area (Å²) in [5, 5.41) is 26.0. The van der Waals surface area contributed by atoms with E-state index in [1.165, 1.54) is 5.56 Å². The fourth-order valence-corrected chi connectivity index (χ4v) is 1.07. The number of allylic oxidation sites excluding steroid dienone is 2. The van der Waals surface area contributed by atoms with Crippen LogP contribution in [-0.2, 0) is 0 Å². The number of aliphatic hydroxyl groups excluding tert-OH is 3. The van der Waals surface area contributed by atoms with Crippen LogP contribution in [0.15, 0.2) is 62.2 Å². The van der Waals surface area contributed by atoms with Gasteiger partial charge >= 0.3 is 0 Å². The first-order valence-corrected chi connectivity index (χ1v) is 6.83. The van der Waals surface area contributed by atoms with Crippen LogP contribution in [0.5, 0.6) is 0 Å². The van der Waals surface area contributed by atoms with Crippen molar-refractivity contribution < 1.29 is 15.3 Å². The maximum atomic E-state index is 8.66. The lowest BCUT2D eigenvalue weighted by Crippen LogP contribution is -2.32. The fraction of sp³-hybridized carbons (Fsp3) is 0.333. The molecular formula is C18H28O3. The summed E-state index contributed by atoms with van der Waals surface area (Å²) in [6.45, 7) is 11.7. The number of benzene rings is 1. The number of rotatable bonds is 6. The summed E-state index contributed by atoms with van der Waals surface area (Å²) in [6.07, 6.45) is 5.70. The van der Waals surface area contributed by atoms with E-state index in [9.17, 15) is 0 Å². The van der Waals surface area contributed by atoms with Crippen LogP contribution < -0.4 is 0 Å². The fourth-order valence-electron chi connectivity index (χ4n) is 1.07. The second kappa shape index (κ2) is 14.7. The first-order valence-electron chi connectivity index (χ1n) is 6.83. The smallest absolute Gasteiger partial charge is 0.0531 e. The average molecular weight is 292 g/mol. The van der Waals surface area contributed by atoms with E-state index >= 15 is 0 Å². The molecule has 1 aromatic carbocycles. The van der Waals surface area contributed by atoms with Crippen LogP contribution in [0.25, 0.3) is 6.08 Å². The zero-order valence-electron chi connectivity index (χ0n) is 12.9. The maximum absolute atomic E-state index is 8.66. The van der Waals surface area contributed by atoms with Gasteiger partial charge in [0.25, 0.3) is 0 Å². The predicted molar refractivity (Wildman–Crippen MR) is 90.9 cm³/mol. The zero-order valence-corrected chi connectivity index (χ0v) is 12.9. The predicted octanol–water partition coefficient (Wildman–Crippen LogP) is 3.05. The van der Waals surface area contributed by atoms with Gasteiger partial charge < -0.3 is 15.3 Å². The molecule has 0 aliphatic carbocycles. The largest absolute Gasteiger partial charge is 0.396 e. The Morgan fingerprint density at radius 3 is 1.48 bits per heavy atom. The molecule has 0 unspecified atom stereocenters. The van der Waals surface area contributed by atoms with Gasteiger partial charge in [-0.05, 0) is 12.0 Å². The highest BCUT2D eigenvalue weighted by atomic mass is 16.3. The van der Waals surface area contributed by atoms with Crippen molar-refractivity contribution in [3.05, 3.63) is 67.8 Å². The summed E-state index contributed by atoms with van der Waals surface area (Å²) in [6, 6.07) is 10.0. The molecule has 0 radical (unpaired) electrons. The van der Waals surface area contributed by atoms with Gasteiger partial charge in [-0.15, -0.1) is 0 Å². The molecule has 0 bridgehead atoms. The molecule has 0 saturated heterocycles. The Balaban J connectivity index is 0. The molecule has 118 valence electrons. The molecule has 0 fully saturated rings. The highest BCUT2D eigenvalue weighted by molar-refractivity contribution is 5.45. The van der Waals surface area contributed by atoms with Crippen molar-refractivity contribution in [2.24, 2.45) is 5.41 Å². The Morgan fingerprint density at radius 1 is 0.905 bits per heavy atom. The third-order valence-electron chi connectivity index (χ3n) is 2.96. The number of hydrogen-bond acceptors (Lipinski definition) is 3. The van der Waals surface area contributed by atoms with Gasteiger partial charge in [0, 0.05) is 5.41 Å². The van der Waals surface area contributed by atoms with Gasteiger partial charge in [-0.2, -0.15) is 0 Å². The van der Waals surface area contributed by atoms with E-state index < -0.39 is 5.41 Å². The topological polar surface area (TPSA) is 60.7 Å². The van der Waals surface area contributed by atoms with Gasteiger partial charge in [-0.1, -0.05) is 75.2 Å². The van der Waals surface area contributed by atoms with Crippen LogP contribution >= 0.6 is 0 Å². The van der Waals surface area contributed by atoms with Gasteiger partial charge in [0.05, 0.1) is 19.8 Å². The molecular weight excluding hydrogens is 264 g/mol. The molecule has 0 aromatic heterocycles.